The van der Waals surface area contributed by atoms with Crippen LogP contribution in [0.2, 0.25) is 0 Å². The lowest BCUT2D eigenvalue weighted by Crippen LogP contribution is -2.42. The van der Waals surface area contributed by atoms with E-state index in [1.54, 1.807) is 6.20 Å². The number of aliphatic hydroxyl groups excluding tert-OH is 1. The lowest BCUT2D eigenvalue weighted by Gasteiger charge is -2.35. The fourth-order valence-electron chi connectivity index (χ4n) is 4.21. The molecule has 0 aromatic carbocycles. The van der Waals surface area contributed by atoms with Gasteiger partial charge >= 0.3 is 0 Å². The molecule has 4 rings (SSSR count). The largest absolute Gasteiger partial charge is 0.477 e. The molecule has 0 spiro atoms. The predicted octanol–water partition coefficient (Wildman–Crippen LogP) is 1.36. The number of fused-ring (bicyclic) bond motifs is 5. The molecule has 3 atom stereocenters. The van der Waals surface area contributed by atoms with Crippen molar-refractivity contribution in [1.29, 1.82) is 0 Å². The van der Waals surface area contributed by atoms with Crippen LogP contribution in [-0.4, -0.2) is 40.3 Å². The molecule has 1 aromatic rings. The maximum absolute atomic E-state index is 9.82. The molecule has 4 nitrogen and oxygen atoms in total. The average Bonchev–Trinajstić information content (AvgIpc) is 2.94. The van der Waals surface area contributed by atoms with Crippen LogP contribution in [0, 0.1) is 5.92 Å². The number of nitrogens with zero attached hydrogens (tertiary/aromatic N) is 2. The van der Waals surface area contributed by atoms with Crippen LogP contribution in [0.5, 0.6) is 5.88 Å². The molecule has 4 heterocycles. The van der Waals surface area contributed by atoms with Gasteiger partial charge in [-0.25, -0.2) is 4.98 Å². The second-order valence-corrected chi connectivity index (χ2v) is 5.80. The summed E-state index contributed by atoms with van der Waals surface area (Å²) in [5.74, 6) is 1.30. The highest BCUT2D eigenvalue weighted by atomic mass is 16.5. The quantitative estimate of drug-likeness (QED) is 0.812. The molecule has 18 heavy (non-hydrogen) atoms. The van der Waals surface area contributed by atoms with Crippen LogP contribution in [0.15, 0.2) is 18.3 Å². The van der Waals surface area contributed by atoms with Gasteiger partial charge in [0.2, 0.25) is 5.88 Å². The number of hydrogen-bond donors (Lipinski definition) is 1. The summed E-state index contributed by atoms with van der Waals surface area (Å²) in [7, 11) is 0. The molecule has 0 amide bonds. The Kier molecular flexibility index (Phi) is 2.20. The molecule has 0 radical (unpaired) electrons. The molecular weight excluding hydrogens is 228 g/mol. The van der Waals surface area contributed by atoms with E-state index in [0.717, 1.165) is 31.9 Å². The first-order valence-corrected chi connectivity index (χ1v) is 6.79. The first-order chi connectivity index (χ1) is 8.84. The lowest BCUT2D eigenvalue weighted by molar-refractivity contribution is 0.0714. The fraction of sp³-hybridized carbons (Fsp3) is 0.643. The van der Waals surface area contributed by atoms with Gasteiger partial charge < -0.3 is 9.84 Å². The van der Waals surface area contributed by atoms with Crippen molar-refractivity contribution in [2.45, 2.75) is 30.8 Å². The Hall–Kier alpha value is -1.13. The molecule has 0 aliphatic carbocycles. The van der Waals surface area contributed by atoms with Crippen LogP contribution in [0.1, 0.15) is 30.9 Å². The standard InChI is InChI=1S/C14H18N2O2/c17-9-14-4-2-6-16(14)12-10(7-14)8-18-13-11(12)3-1-5-15-13/h1,3,5,10,12,17H,2,4,6-9H2/t10-,12-,14-/m1/s1. The smallest absolute Gasteiger partial charge is 0.218 e. The van der Waals surface area contributed by atoms with Gasteiger partial charge in [-0.3, -0.25) is 4.90 Å². The number of aliphatic hydroxyl groups is 1. The molecule has 3 aliphatic heterocycles. The van der Waals surface area contributed by atoms with E-state index in [1.807, 2.05) is 6.07 Å². The third-order valence-electron chi connectivity index (χ3n) is 4.92. The summed E-state index contributed by atoms with van der Waals surface area (Å²) in [6.07, 6.45) is 5.16. The summed E-state index contributed by atoms with van der Waals surface area (Å²) in [4.78, 5) is 6.85. The van der Waals surface area contributed by atoms with Gasteiger partial charge in [0.15, 0.2) is 0 Å². The zero-order valence-electron chi connectivity index (χ0n) is 10.4. The predicted molar refractivity (Wildman–Crippen MR) is 66.3 cm³/mol. The first-order valence-electron chi connectivity index (χ1n) is 6.79. The molecule has 3 aliphatic rings. The number of ether oxygens (including phenoxy) is 1. The Morgan fingerprint density at radius 3 is 3.39 bits per heavy atom. The lowest BCUT2D eigenvalue weighted by atomic mass is 9.87. The van der Waals surface area contributed by atoms with E-state index in [0.29, 0.717) is 12.0 Å². The Balaban J connectivity index is 1.80. The SMILES string of the molecule is OC[C@]12CCCN1[C@H]1c3cccnc3OC[C@H]1C2. The third-order valence-corrected chi connectivity index (χ3v) is 4.92. The molecule has 4 heteroatoms. The van der Waals surface area contributed by atoms with Crippen LogP contribution in [0.3, 0.4) is 0 Å². The molecule has 2 fully saturated rings. The van der Waals surface area contributed by atoms with Gasteiger partial charge in [-0.1, -0.05) is 6.07 Å². The van der Waals surface area contributed by atoms with Crippen molar-refractivity contribution in [3.63, 3.8) is 0 Å². The van der Waals surface area contributed by atoms with E-state index in [4.69, 9.17) is 4.74 Å². The van der Waals surface area contributed by atoms with E-state index in [9.17, 15) is 5.11 Å². The Morgan fingerprint density at radius 1 is 1.56 bits per heavy atom. The Bertz CT molecular complexity index is 479. The van der Waals surface area contributed by atoms with Gasteiger partial charge in [0.1, 0.15) is 0 Å². The molecule has 0 saturated carbocycles. The summed E-state index contributed by atoms with van der Waals surface area (Å²) in [5, 5.41) is 9.82. The van der Waals surface area contributed by atoms with E-state index in [-0.39, 0.29) is 12.1 Å². The second-order valence-electron chi connectivity index (χ2n) is 5.80. The van der Waals surface area contributed by atoms with Gasteiger partial charge in [0, 0.05) is 29.3 Å². The highest BCUT2D eigenvalue weighted by Crippen LogP contribution is 2.54. The molecule has 2 saturated heterocycles. The normalized spacial score (nSPS) is 37.8. The number of aromatic nitrogens is 1. The van der Waals surface area contributed by atoms with Crippen molar-refractivity contribution < 1.29 is 9.84 Å². The summed E-state index contributed by atoms with van der Waals surface area (Å²) in [6, 6.07) is 4.52. The van der Waals surface area contributed by atoms with E-state index in [2.05, 4.69) is 16.0 Å². The van der Waals surface area contributed by atoms with Crippen molar-refractivity contribution in [1.82, 2.24) is 9.88 Å². The molecule has 1 N–H and O–H groups in total. The van der Waals surface area contributed by atoms with Crippen molar-refractivity contribution >= 4 is 0 Å². The van der Waals surface area contributed by atoms with Crippen LogP contribution < -0.4 is 4.74 Å². The topological polar surface area (TPSA) is 45.6 Å². The van der Waals surface area contributed by atoms with Gasteiger partial charge in [0.05, 0.1) is 13.2 Å². The van der Waals surface area contributed by atoms with Gasteiger partial charge in [-0.2, -0.15) is 0 Å². The molecule has 0 bridgehead atoms. The average molecular weight is 246 g/mol. The van der Waals surface area contributed by atoms with Crippen molar-refractivity contribution in [3.8, 4) is 5.88 Å². The van der Waals surface area contributed by atoms with Crippen molar-refractivity contribution in [2.75, 3.05) is 19.8 Å². The highest BCUT2D eigenvalue weighted by molar-refractivity contribution is 5.34. The summed E-state index contributed by atoms with van der Waals surface area (Å²) >= 11 is 0. The van der Waals surface area contributed by atoms with E-state index in [1.165, 1.54) is 12.0 Å². The van der Waals surface area contributed by atoms with Gasteiger partial charge in [-0.05, 0) is 31.9 Å². The minimum atomic E-state index is 0.0101. The van der Waals surface area contributed by atoms with E-state index < -0.39 is 0 Å². The van der Waals surface area contributed by atoms with Gasteiger partial charge in [-0.15, -0.1) is 0 Å². The number of hydrogen-bond acceptors (Lipinski definition) is 4. The zero-order valence-corrected chi connectivity index (χ0v) is 10.4. The van der Waals surface area contributed by atoms with Crippen LogP contribution in [-0.2, 0) is 0 Å². The molecule has 96 valence electrons. The maximum Gasteiger partial charge on any atom is 0.218 e. The molecule has 1 aromatic heterocycles. The van der Waals surface area contributed by atoms with Crippen molar-refractivity contribution in [2.24, 2.45) is 5.92 Å². The molecular formula is C14H18N2O2. The van der Waals surface area contributed by atoms with Crippen LogP contribution in [0.4, 0.5) is 0 Å². The highest BCUT2D eigenvalue weighted by Gasteiger charge is 2.55. The number of rotatable bonds is 1. The zero-order chi connectivity index (χ0) is 12.2. The fourth-order valence-corrected chi connectivity index (χ4v) is 4.21. The summed E-state index contributed by atoms with van der Waals surface area (Å²) < 4.78 is 5.77. The van der Waals surface area contributed by atoms with Crippen LogP contribution >= 0.6 is 0 Å². The van der Waals surface area contributed by atoms with Gasteiger partial charge in [0.25, 0.3) is 0 Å². The first kappa shape index (κ1) is 10.8. The minimum absolute atomic E-state index is 0.0101. The summed E-state index contributed by atoms with van der Waals surface area (Å²) in [5.41, 5.74) is 1.22. The third kappa shape index (κ3) is 1.25. The van der Waals surface area contributed by atoms with Crippen molar-refractivity contribution in [3.05, 3.63) is 23.9 Å². The minimum Gasteiger partial charge on any atom is -0.477 e. The Labute approximate surface area is 107 Å². The Morgan fingerprint density at radius 2 is 2.50 bits per heavy atom. The second kappa shape index (κ2) is 3.68. The maximum atomic E-state index is 9.82. The van der Waals surface area contributed by atoms with Crippen LogP contribution in [0.25, 0.3) is 0 Å². The monoisotopic (exact) mass is 246 g/mol. The molecule has 0 unspecified atom stereocenters. The number of pyridine rings is 1. The summed E-state index contributed by atoms with van der Waals surface area (Å²) in [6.45, 7) is 2.11. The van der Waals surface area contributed by atoms with E-state index >= 15 is 0 Å².